The van der Waals surface area contributed by atoms with Gasteiger partial charge in [-0.2, -0.15) is 0 Å². The average Bonchev–Trinajstić information content (AvgIpc) is 2.17. The summed E-state index contributed by atoms with van der Waals surface area (Å²) in [5, 5.41) is 19.8. The zero-order valence-electron chi connectivity index (χ0n) is 9.30. The van der Waals surface area contributed by atoms with Crippen LogP contribution in [-0.4, -0.2) is 11.9 Å². The molecule has 1 rings (SSSR count). The van der Waals surface area contributed by atoms with E-state index in [-0.39, 0.29) is 17.9 Å². The smallest absolute Gasteiger partial charge is 0.0715 e. The maximum absolute atomic E-state index is 10.1. The zero-order chi connectivity index (χ0) is 12.6. The van der Waals surface area contributed by atoms with Crippen molar-refractivity contribution in [2.24, 2.45) is 5.92 Å². The first kappa shape index (κ1) is 14.2. The van der Waals surface area contributed by atoms with Crippen LogP contribution in [0, 0.1) is 5.92 Å². The molecule has 0 aliphatic rings. The molecule has 88 valence electrons. The predicted molar refractivity (Wildman–Crippen MR) is 55.2 cm³/mol. The van der Waals surface area contributed by atoms with Crippen molar-refractivity contribution in [3.05, 3.63) is 35.9 Å². The Hall–Kier alpha value is -1.84. The number of carboxylic acid groups (broad SMARTS) is 2. The van der Waals surface area contributed by atoms with Gasteiger partial charge in [0.15, 0.2) is 0 Å². The lowest BCUT2D eigenvalue weighted by Gasteiger charge is -2.02. The maximum Gasteiger partial charge on any atom is 0.0715 e. The summed E-state index contributed by atoms with van der Waals surface area (Å²) in [7, 11) is 0. The summed E-state index contributed by atoms with van der Waals surface area (Å²) in [5.74, 6) is -1.88. The van der Waals surface area contributed by atoms with Gasteiger partial charge in [-0.1, -0.05) is 44.2 Å². The van der Waals surface area contributed by atoms with Crippen molar-refractivity contribution in [3.63, 3.8) is 0 Å². The molecule has 1 aromatic carbocycles. The second-order valence-corrected chi connectivity index (χ2v) is 3.62. The van der Waals surface area contributed by atoms with Gasteiger partial charge >= 0.3 is 0 Å². The van der Waals surface area contributed by atoms with E-state index >= 15 is 0 Å². The fourth-order valence-corrected chi connectivity index (χ4v) is 0.908. The molecule has 0 aliphatic carbocycles. The Bertz CT molecular complexity index is 330. The van der Waals surface area contributed by atoms with Crippen molar-refractivity contribution in [2.75, 3.05) is 0 Å². The van der Waals surface area contributed by atoms with E-state index in [1.807, 2.05) is 13.8 Å². The first-order valence-electron chi connectivity index (χ1n) is 4.89. The lowest BCUT2D eigenvalue weighted by molar-refractivity contribution is -0.306. The van der Waals surface area contributed by atoms with Gasteiger partial charge in [0.25, 0.3) is 0 Å². The Labute approximate surface area is 94.5 Å². The van der Waals surface area contributed by atoms with Crippen LogP contribution in [0.1, 0.15) is 30.6 Å². The number of benzene rings is 1. The highest BCUT2D eigenvalue weighted by Crippen LogP contribution is 1.95. The zero-order valence-corrected chi connectivity index (χ0v) is 9.30. The summed E-state index contributed by atoms with van der Waals surface area (Å²) in [6, 6.07) is 8.06. The van der Waals surface area contributed by atoms with Gasteiger partial charge in [-0.3, -0.25) is 0 Å². The standard InChI is InChI=1S/C7H6O2.C5H10O2/c8-7(9)6-4-2-1-3-5-6;1-4(2)3-5(6)7/h1-5H,(H,8,9);4H,3H2,1-2H3,(H,6,7)/p-2. The number of carbonyl (C=O) groups excluding carboxylic acids is 2. The van der Waals surface area contributed by atoms with E-state index in [2.05, 4.69) is 0 Å². The summed E-state index contributed by atoms with van der Waals surface area (Å²) in [5.41, 5.74) is 0.220. The molecule has 0 aromatic heterocycles. The molecule has 0 radical (unpaired) electrons. The van der Waals surface area contributed by atoms with Crippen LogP contribution in [0.5, 0.6) is 0 Å². The molecule has 0 N–H and O–H groups in total. The van der Waals surface area contributed by atoms with E-state index in [0.29, 0.717) is 0 Å². The molecule has 0 bridgehead atoms. The van der Waals surface area contributed by atoms with Gasteiger partial charge in [0, 0.05) is 5.97 Å². The Morgan fingerprint density at radius 3 is 1.81 bits per heavy atom. The van der Waals surface area contributed by atoms with Crippen molar-refractivity contribution in [1.29, 1.82) is 0 Å². The second-order valence-electron chi connectivity index (χ2n) is 3.62. The Balaban J connectivity index is 0.000000293. The number of hydrogen-bond acceptors (Lipinski definition) is 4. The van der Waals surface area contributed by atoms with Crippen molar-refractivity contribution < 1.29 is 19.8 Å². The monoisotopic (exact) mass is 222 g/mol. The Morgan fingerprint density at radius 1 is 1.12 bits per heavy atom. The lowest BCUT2D eigenvalue weighted by Crippen LogP contribution is -2.23. The molecule has 0 saturated heterocycles. The quantitative estimate of drug-likeness (QED) is 0.711. The first-order valence-corrected chi connectivity index (χ1v) is 4.89. The highest BCUT2D eigenvalue weighted by Gasteiger charge is 1.90. The van der Waals surface area contributed by atoms with E-state index in [1.165, 1.54) is 12.1 Å². The van der Waals surface area contributed by atoms with Gasteiger partial charge in [0.05, 0.1) is 5.97 Å². The summed E-state index contributed by atoms with van der Waals surface area (Å²) in [6.07, 6.45) is 0.167. The third kappa shape index (κ3) is 7.55. The Kier molecular flexibility index (Phi) is 6.59. The van der Waals surface area contributed by atoms with Crippen LogP contribution in [0.2, 0.25) is 0 Å². The van der Waals surface area contributed by atoms with Gasteiger partial charge < -0.3 is 19.8 Å². The molecular formula is C12H14O4-2. The second kappa shape index (κ2) is 7.45. The van der Waals surface area contributed by atoms with E-state index in [9.17, 15) is 19.8 Å². The van der Waals surface area contributed by atoms with Crippen molar-refractivity contribution >= 4 is 11.9 Å². The molecule has 0 heterocycles. The lowest BCUT2D eigenvalue weighted by atomic mass is 10.1. The molecule has 0 fully saturated rings. The largest absolute Gasteiger partial charge is 0.550 e. The highest BCUT2D eigenvalue weighted by atomic mass is 16.4. The van der Waals surface area contributed by atoms with Crippen LogP contribution in [0.3, 0.4) is 0 Å². The molecule has 4 heteroatoms. The number of carbonyl (C=O) groups is 2. The number of aliphatic carboxylic acids is 1. The van der Waals surface area contributed by atoms with Crippen LogP contribution >= 0.6 is 0 Å². The van der Waals surface area contributed by atoms with E-state index in [1.54, 1.807) is 18.2 Å². The van der Waals surface area contributed by atoms with Gasteiger partial charge in [0.1, 0.15) is 0 Å². The van der Waals surface area contributed by atoms with Crippen LogP contribution in [-0.2, 0) is 4.79 Å². The maximum atomic E-state index is 10.1. The number of hydrogen-bond donors (Lipinski definition) is 0. The number of aromatic carboxylic acids is 1. The fourth-order valence-electron chi connectivity index (χ4n) is 0.908. The van der Waals surface area contributed by atoms with Crippen molar-refractivity contribution in [2.45, 2.75) is 20.3 Å². The van der Waals surface area contributed by atoms with E-state index in [0.717, 1.165) is 0 Å². The fraction of sp³-hybridized carbons (Fsp3) is 0.333. The third-order valence-electron chi connectivity index (χ3n) is 1.58. The molecule has 0 amide bonds. The first-order chi connectivity index (χ1) is 7.43. The van der Waals surface area contributed by atoms with Gasteiger partial charge in [-0.15, -0.1) is 0 Å². The summed E-state index contributed by atoms with van der Waals surface area (Å²) in [6.45, 7) is 3.69. The molecule has 4 nitrogen and oxygen atoms in total. The van der Waals surface area contributed by atoms with Crippen molar-refractivity contribution in [3.8, 4) is 0 Å². The SMILES string of the molecule is CC(C)CC(=O)[O-].O=C([O-])c1ccccc1. The third-order valence-corrected chi connectivity index (χ3v) is 1.58. The topological polar surface area (TPSA) is 80.3 Å². The van der Waals surface area contributed by atoms with Crippen molar-refractivity contribution in [1.82, 2.24) is 0 Å². The van der Waals surface area contributed by atoms with Crippen LogP contribution in [0.4, 0.5) is 0 Å². The molecular weight excluding hydrogens is 208 g/mol. The summed E-state index contributed by atoms with van der Waals surface area (Å²) in [4.78, 5) is 19.8. The normalized spacial score (nSPS) is 9.19. The van der Waals surface area contributed by atoms with Crippen LogP contribution in [0.15, 0.2) is 30.3 Å². The minimum absolute atomic E-state index is 0.167. The number of carboxylic acids is 2. The van der Waals surface area contributed by atoms with Gasteiger partial charge in [-0.05, 0) is 17.9 Å². The molecule has 0 unspecified atom stereocenters. The summed E-state index contributed by atoms with van der Waals surface area (Å²) >= 11 is 0. The molecule has 0 atom stereocenters. The Morgan fingerprint density at radius 2 is 1.62 bits per heavy atom. The molecule has 16 heavy (non-hydrogen) atoms. The minimum atomic E-state index is -1.13. The van der Waals surface area contributed by atoms with Gasteiger partial charge in [0.2, 0.25) is 0 Å². The van der Waals surface area contributed by atoms with Crippen LogP contribution < -0.4 is 10.2 Å². The van der Waals surface area contributed by atoms with E-state index in [4.69, 9.17) is 0 Å². The number of rotatable bonds is 3. The highest BCUT2D eigenvalue weighted by molar-refractivity contribution is 5.85. The summed E-state index contributed by atoms with van der Waals surface area (Å²) < 4.78 is 0. The van der Waals surface area contributed by atoms with E-state index < -0.39 is 11.9 Å². The molecule has 0 saturated carbocycles. The minimum Gasteiger partial charge on any atom is -0.550 e. The van der Waals surface area contributed by atoms with Crippen LogP contribution in [0.25, 0.3) is 0 Å². The predicted octanol–water partition coefficient (Wildman–Crippen LogP) is -0.167. The average molecular weight is 222 g/mol. The van der Waals surface area contributed by atoms with Gasteiger partial charge in [-0.25, -0.2) is 0 Å². The molecule has 0 aliphatic heterocycles. The molecule has 1 aromatic rings. The molecule has 0 spiro atoms.